The molecule has 0 aromatic rings. The number of thiol groups is 1. The number of alkyl halides is 1. The van der Waals surface area contributed by atoms with Crippen LogP contribution in [0.4, 0.5) is 4.39 Å². The maximum Gasteiger partial charge on any atom is 0.230 e. The summed E-state index contributed by atoms with van der Waals surface area (Å²) < 4.78 is 13.5. The molecule has 2 rings (SSSR count). The highest BCUT2D eigenvalue weighted by Gasteiger charge is 2.47. The summed E-state index contributed by atoms with van der Waals surface area (Å²) in [4.78, 5) is 12.7. The normalized spacial score (nSPS) is 33.5. The van der Waals surface area contributed by atoms with Crippen molar-refractivity contribution in [1.82, 2.24) is 26.4 Å². The molecule has 146 valence electrons. The highest BCUT2D eigenvalue weighted by Crippen LogP contribution is 2.22. The maximum atomic E-state index is 13.5. The third kappa shape index (κ3) is 5.23. The molecule has 0 aliphatic carbocycles. The molecule has 11 heteroatoms. The standard InChI is InChI=1S/C14H31FN8OS/c1-7(17)10(19-4-2-3-16)14(25)21-13(24)9-11(18)22-23-6-8(15)5-20-12(9)23/h7-12,14,19-20,22,25H,2-6,16-18H2,1H3,(H,21,24). The van der Waals surface area contributed by atoms with Crippen molar-refractivity contribution in [2.24, 2.45) is 23.1 Å². The van der Waals surface area contributed by atoms with Gasteiger partial charge in [0.1, 0.15) is 6.17 Å². The van der Waals surface area contributed by atoms with Gasteiger partial charge in [0.25, 0.3) is 0 Å². The fourth-order valence-electron chi connectivity index (χ4n) is 3.27. The summed E-state index contributed by atoms with van der Waals surface area (Å²) in [6.45, 7) is 3.51. The lowest BCUT2D eigenvalue weighted by Gasteiger charge is -2.34. The van der Waals surface area contributed by atoms with Crippen LogP contribution in [-0.4, -0.2) is 73.1 Å². The van der Waals surface area contributed by atoms with Crippen molar-refractivity contribution in [2.75, 3.05) is 26.2 Å². The molecule has 7 unspecified atom stereocenters. The van der Waals surface area contributed by atoms with Gasteiger partial charge in [-0.2, -0.15) is 12.6 Å². The molecule has 2 fully saturated rings. The Hall–Kier alpha value is -0.530. The Morgan fingerprint density at radius 2 is 2.24 bits per heavy atom. The second-order valence-electron chi connectivity index (χ2n) is 6.72. The molecule has 9 nitrogen and oxygen atoms in total. The number of nitrogens with two attached hydrogens (primary N) is 3. The van der Waals surface area contributed by atoms with Crippen LogP contribution in [0.1, 0.15) is 13.3 Å². The van der Waals surface area contributed by atoms with Crippen molar-refractivity contribution in [2.45, 2.75) is 49.3 Å². The minimum atomic E-state index is -0.996. The molecule has 0 spiro atoms. The van der Waals surface area contributed by atoms with E-state index in [1.807, 2.05) is 6.92 Å². The molecule has 2 saturated heterocycles. The Morgan fingerprint density at radius 1 is 1.52 bits per heavy atom. The first-order chi connectivity index (χ1) is 11.8. The van der Waals surface area contributed by atoms with Gasteiger partial charge in [0.2, 0.25) is 5.91 Å². The summed E-state index contributed by atoms with van der Waals surface area (Å²) >= 11 is 4.50. The first kappa shape index (κ1) is 20.8. The van der Waals surface area contributed by atoms with Crippen LogP contribution < -0.4 is 38.6 Å². The number of carbonyl (C=O) groups excluding carboxylic acids is 1. The number of carbonyl (C=O) groups is 1. The highest BCUT2D eigenvalue weighted by molar-refractivity contribution is 7.81. The zero-order valence-corrected chi connectivity index (χ0v) is 15.4. The molecule has 2 aliphatic rings. The smallest absolute Gasteiger partial charge is 0.230 e. The van der Waals surface area contributed by atoms with Crippen molar-refractivity contribution in [1.29, 1.82) is 0 Å². The van der Waals surface area contributed by atoms with Crippen LogP contribution >= 0.6 is 12.6 Å². The lowest BCUT2D eigenvalue weighted by atomic mass is 10.0. The molecule has 0 aromatic heterocycles. The minimum Gasteiger partial charge on any atom is -0.343 e. The molecule has 0 saturated carbocycles. The summed E-state index contributed by atoms with van der Waals surface area (Å²) in [7, 11) is 0. The van der Waals surface area contributed by atoms with Crippen LogP contribution in [0.5, 0.6) is 0 Å². The van der Waals surface area contributed by atoms with Gasteiger partial charge in [-0.1, -0.05) is 0 Å². The Balaban J connectivity index is 1.95. The maximum absolute atomic E-state index is 13.5. The molecule has 2 aliphatic heterocycles. The molecule has 0 radical (unpaired) electrons. The van der Waals surface area contributed by atoms with Gasteiger partial charge in [-0.05, 0) is 26.4 Å². The van der Waals surface area contributed by atoms with E-state index in [0.717, 1.165) is 6.42 Å². The van der Waals surface area contributed by atoms with Crippen molar-refractivity contribution < 1.29 is 9.18 Å². The van der Waals surface area contributed by atoms with Crippen molar-refractivity contribution in [3.63, 3.8) is 0 Å². The third-order valence-corrected chi connectivity index (χ3v) is 5.03. The van der Waals surface area contributed by atoms with Gasteiger partial charge >= 0.3 is 0 Å². The summed E-state index contributed by atoms with van der Waals surface area (Å²) in [5, 5.41) is 10.3. The van der Waals surface area contributed by atoms with Crippen LogP contribution in [0.3, 0.4) is 0 Å². The number of fused-ring (bicyclic) bond motifs is 1. The number of nitrogens with one attached hydrogen (secondary N) is 4. The topological polar surface area (TPSA) is 146 Å². The van der Waals surface area contributed by atoms with Gasteiger partial charge in [-0.15, -0.1) is 0 Å². The molecular weight excluding hydrogens is 347 g/mol. The largest absolute Gasteiger partial charge is 0.343 e. The monoisotopic (exact) mass is 378 g/mol. The molecular formula is C14H31FN8OS. The van der Waals surface area contributed by atoms with E-state index in [1.165, 1.54) is 0 Å². The molecule has 25 heavy (non-hydrogen) atoms. The van der Waals surface area contributed by atoms with Crippen LogP contribution in [0.25, 0.3) is 0 Å². The average Bonchev–Trinajstić information content (AvgIpc) is 2.85. The summed E-state index contributed by atoms with van der Waals surface area (Å²) in [6.07, 6.45) is -1.13. The third-order valence-electron chi connectivity index (χ3n) is 4.58. The van der Waals surface area contributed by atoms with Crippen LogP contribution in [-0.2, 0) is 4.79 Å². The minimum absolute atomic E-state index is 0.197. The zero-order chi connectivity index (χ0) is 18.6. The predicted molar refractivity (Wildman–Crippen MR) is 98.0 cm³/mol. The SMILES string of the molecule is CC(N)C(NCCCN)C(S)NC(=O)C1C(N)NN2CC(F)CNC12. The lowest BCUT2D eigenvalue weighted by Crippen LogP contribution is -2.60. The second kappa shape index (κ2) is 9.42. The Morgan fingerprint density at radius 3 is 2.88 bits per heavy atom. The first-order valence-electron chi connectivity index (χ1n) is 8.68. The molecule has 0 bridgehead atoms. The first-order valence-corrected chi connectivity index (χ1v) is 9.20. The van der Waals surface area contributed by atoms with E-state index in [0.29, 0.717) is 13.1 Å². The van der Waals surface area contributed by atoms with Crippen molar-refractivity contribution >= 4 is 18.5 Å². The van der Waals surface area contributed by atoms with E-state index in [-0.39, 0.29) is 37.2 Å². The molecule has 0 aromatic carbocycles. The van der Waals surface area contributed by atoms with Gasteiger partial charge in [-0.3, -0.25) is 10.1 Å². The van der Waals surface area contributed by atoms with Crippen LogP contribution in [0.2, 0.25) is 0 Å². The number of rotatable bonds is 8. The van der Waals surface area contributed by atoms with Crippen LogP contribution in [0, 0.1) is 5.92 Å². The van der Waals surface area contributed by atoms with Gasteiger partial charge in [-0.25, -0.2) is 14.8 Å². The van der Waals surface area contributed by atoms with E-state index in [2.05, 4.69) is 34.0 Å². The Labute approximate surface area is 153 Å². The zero-order valence-electron chi connectivity index (χ0n) is 14.5. The number of hydrazine groups is 1. The number of hydrogen-bond donors (Lipinski definition) is 8. The summed E-state index contributed by atoms with van der Waals surface area (Å²) in [5.74, 6) is -0.802. The number of amides is 1. The average molecular weight is 379 g/mol. The Kier molecular flexibility index (Phi) is 7.83. The van der Waals surface area contributed by atoms with E-state index in [1.54, 1.807) is 5.01 Å². The second-order valence-corrected chi connectivity index (χ2v) is 7.27. The lowest BCUT2D eigenvalue weighted by molar-refractivity contribution is -0.127. The number of hydrogen-bond acceptors (Lipinski definition) is 9. The highest BCUT2D eigenvalue weighted by atomic mass is 32.1. The molecule has 10 N–H and O–H groups in total. The number of nitrogens with zero attached hydrogens (tertiary/aromatic N) is 1. The molecule has 1 amide bonds. The van der Waals surface area contributed by atoms with Crippen molar-refractivity contribution in [3.8, 4) is 0 Å². The predicted octanol–water partition coefficient (Wildman–Crippen LogP) is -3.00. The van der Waals surface area contributed by atoms with Crippen molar-refractivity contribution in [3.05, 3.63) is 0 Å². The number of halogens is 1. The summed E-state index contributed by atoms with van der Waals surface area (Å²) in [6, 6.07) is -0.428. The van der Waals surface area contributed by atoms with E-state index >= 15 is 0 Å². The fraction of sp³-hybridized carbons (Fsp3) is 0.929. The molecule has 2 heterocycles. The van der Waals surface area contributed by atoms with Gasteiger partial charge < -0.3 is 27.8 Å². The fourth-order valence-corrected chi connectivity index (χ4v) is 3.77. The van der Waals surface area contributed by atoms with E-state index in [4.69, 9.17) is 17.2 Å². The Bertz CT molecular complexity index is 445. The van der Waals surface area contributed by atoms with Crippen LogP contribution in [0.15, 0.2) is 0 Å². The quantitative estimate of drug-likeness (QED) is 0.127. The summed E-state index contributed by atoms with van der Waals surface area (Å²) in [5.41, 5.74) is 20.5. The van der Waals surface area contributed by atoms with Gasteiger partial charge in [0.15, 0.2) is 0 Å². The van der Waals surface area contributed by atoms with E-state index < -0.39 is 23.6 Å². The van der Waals surface area contributed by atoms with Gasteiger partial charge in [0, 0.05) is 19.1 Å². The van der Waals surface area contributed by atoms with Gasteiger partial charge in [0.05, 0.1) is 29.7 Å². The van der Waals surface area contributed by atoms with E-state index in [9.17, 15) is 9.18 Å². The molecule has 7 atom stereocenters.